The Labute approximate surface area is 131 Å². The fraction of sp³-hybridized carbons (Fsp3) is 0.286. The van der Waals surface area contributed by atoms with Crippen LogP contribution in [0.4, 0.5) is 9.93 Å². The van der Waals surface area contributed by atoms with E-state index in [0.29, 0.717) is 24.5 Å². The molecule has 0 aromatic carbocycles. The Balaban J connectivity index is 1.56. The average Bonchev–Trinajstić information content (AvgIpc) is 2.99. The van der Waals surface area contributed by atoms with Crippen molar-refractivity contribution in [2.45, 2.75) is 18.9 Å². The number of hydrogen-bond donors (Lipinski definition) is 3. The summed E-state index contributed by atoms with van der Waals surface area (Å²) in [6.07, 6.45) is 4.51. The van der Waals surface area contributed by atoms with E-state index in [0.717, 1.165) is 11.3 Å². The predicted octanol–water partition coefficient (Wildman–Crippen LogP) is 1.61. The van der Waals surface area contributed by atoms with Crippen LogP contribution in [0.15, 0.2) is 29.9 Å². The van der Waals surface area contributed by atoms with Crippen LogP contribution in [0, 0.1) is 0 Å². The van der Waals surface area contributed by atoms with Crippen molar-refractivity contribution < 1.29 is 9.59 Å². The Morgan fingerprint density at radius 2 is 2.36 bits per heavy atom. The largest absolute Gasteiger partial charge is 0.354 e. The van der Waals surface area contributed by atoms with Crippen LogP contribution in [-0.2, 0) is 4.79 Å². The van der Waals surface area contributed by atoms with Gasteiger partial charge in [-0.05, 0) is 18.6 Å². The van der Waals surface area contributed by atoms with Crippen LogP contribution >= 0.6 is 11.3 Å². The van der Waals surface area contributed by atoms with Gasteiger partial charge in [0.25, 0.3) is 0 Å². The van der Waals surface area contributed by atoms with Crippen LogP contribution in [0.3, 0.4) is 0 Å². The summed E-state index contributed by atoms with van der Waals surface area (Å²) < 4.78 is 0. The van der Waals surface area contributed by atoms with Crippen LogP contribution in [0.2, 0.25) is 0 Å². The number of urea groups is 1. The Bertz CT molecular complexity index is 663. The van der Waals surface area contributed by atoms with Gasteiger partial charge in [0.1, 0.15) is 0 Å². The topological polar surface area (TPSA) is 96.0 Å². The Kier molecular flexibility index (Phi) is 4.29. The van der Waals surface area contributed by atoms with Crippen molar-refractivity contribution in [1.82, 2.24) is 20.6 Å². The second-order valence-electron chi connectivity index (χ2n) is 4.92. The van der Waals surface area contributed by atoms with Gasteiger partial charge in [-0.25, -0.2) is 9.78 Å². The van der Waals surface area contributed by atoms with Crippen LogP contribution in [0.5, 0.6) is 0 Å². The van der Waals surface area contributed by atoms with Crippen molar-refractivity contribution in [3.8, 4) is 11.3 Å². The molecule has 0 saturated carbocycles. The molecule has 0 bridgehead atoms. The molecular weight excluding hydrogens is 302 g/mol. The minimum atomic E-state index is -0.312. The first-order valence-corrected chi connectivity index (χ1v) is 7.79. The van der Waals surface area contributed by atoms with Gasteiger partial charge in [0, 0.05) is 42.3 Å². The third-order valence-electron chi connectivity index (χ3n) is 3.28. The molecule has 8 heteroatoms. The maximum absolute atomic E-state index is 11.9. The van der Waals surface area contributed by atoms with Gasteiger partial charge >= 0.3 is 6.03 Å². The molecule has 3 amide bonds. The molecule has 1 aliphatic heterocycles. The van der Waals surface area contributed by atoms with Gasteiger partial charge in [0.15, 0.2) is 5.13 Å². The molecule has 7 nitrogen and oxygen atoms in total. The lowest BCUT2D eigenvalue weighted by Crippen LogP contribution is -2.48. The summed E-state index contributed by atoms with van der Waals surface area (Å²) in [5.41, 5.74) is 1.68. The van der Waals surface area contributed by atoms with Crippen LogP contribution in [0.25, 0.3) is 11.3 Å². The molecule has 1 atom stereocenters. The van der Waals surface area contributed by atoms with Crippen molar-refractivity contribution in [2.24, 2.45) is 0 Å². The Morgan fingerprint density at radius 3 is 3.09 bits per heavy atom. The maximum Gasteiger partial charge on any atom is 0.321 e. The van der Waals surface area contributed by atoms with Crippen molar-refractivity contribution in [3.05, 3.63) is 29.9 Å². The highest BCUT2D eigenvalue weighted by Crippen LogP contribution is 2.23. The van der Waals surface area contributed by atoms with Gasteiger partial charge < -0.3 is 10.6 Å². The molecular formula is C14H15N5O2S. The van der Waals surface area contributed by atoms with E-state index < -0.39 is 0 Å². The molecule has 0 aliphatic carbocycles. The second-order valence-corrected chi connectivity index (χ2v) is 5.78. The molecule has 2 aromatic heterocycles. The van der Waals surface area contributed by atoms with Crippen molar-refractivity contribution in [1.29, 1.82) is 0 Å². The van der Waals surface area contributed by atoms with E-state index in [4.69, 9.17) is 0 Å². The standard InChI is InChI=1S/C14H15N5O2S/c20-12-4-3-10(7-16-12)17-13(21)19-14-18-11(8-22-14)9-2-1-5-15-6-9/h1-2,5-6,8,10H,3-4,7H2,(H,16,20)(H2,17,18,19,21). The summed E-state index contributed by atoms with van der Waals surface area (Å²) in [4.78, 5) is 31.4. The predicted molar refractivity (Wildman–Crippen MR) is 83.5 cm³/mol. The maximum atomic E-state index is 11.9. The molecule has 114 valence electrons. The van der Waals surface area contributed by atoms with E-state index in [1.54, 1.807) is 12.4 Å². The van der Waals surface area contributed by atoms with Gasteiger partial charge in [-0.3, -0.25) is 15.1 Å². The molecule has 0 radical (unpaired) electrons. The lowest BCUT2D eigenvalue weighted by atomic mass is 10.1. The molecule has 0 spiro atoms. The zero-order chi connectivity index (χ0) is 15.4. The number of thiazole rings is 1. The lowest BCUT2D eigenvalue weighted by Gasteiger charge is -2.23. The zero-order valence-electron chi connectivity index (χ0n) is 11.7. The zero-order valence-corrected chi connectivity index (χ0v) is 12.5. The number of piperidine rings is 1. The second kappa shape index (κ2) is 6.52. The smallest absolute Gasteiger partial charge is 0.321 e. The molecule has 1 saturated heterocycles. The number of pyridine rings is 1. The van der Waals surface area contributed by atoms with E-state index >= 15 is 0 Å². The van der Waals surface area contributed by atoms with Crippen LogP contribution in [0.1, 0.15) is 12.8 Å². The number of anilines is 1. The van der Waals surface area contributed by atoms with Crippen LogP contribution in [-0.4, -0.2) is 34.5 Å². The summed E-state index contributed by atoms with van der Waals surface area (Å²) in [6.45, 7) is 0.463. The van der Waals surface area contributed by atoms with Crippen molar-refractivity contribution >= 4 is 28.4 Å². The van der Waals surface area contributed by atoms with Gasteiger partial charge in [-0.15, -0.1) is 11.3 Å². The number of carbonyl (C=O) groups excluding carboxylic acids is 2. The monoisotopic (exact) mass is 317 g/mol. The summed E-state index contributed by atoms with van der Waals surface area (Å²) in [5, 5.41) is 10.7. The van der Waals surface area contributed by atoms with Gasteiger partial charge in [0.05, 0.1) is 5.69 Å². The van der Waals surface area contributed by atoms with E-state index in [-0.39, 0.29) is 18.0 Å². The first-order chi connectivity index (χ1) is 10.7. The van der Waals surface area contributed by atoms with Crippen molar-refractivity contribution in [2.75, 3.05) is 11.9 Å². The number of nitrogens with zero attached hydrogens (tertiary/aromatic N) is 2. The number of amides is 3. The first-order valence-electron chi connectivity index (χ1n) is 6.91. The van der Waals surface area contributed by atoms with E-state index in [9.17, 15) is 9.59 Å². The summed E-state index contributed by atoms with van der Waals surface area (Å²) >= 11 is 1.35. The molecule has 1 aliphatic rings. The average molecular weight is 317 g/mol. The van der Waals surface area contributed by atoms with E-state index in [2.05, 4.69) is 25.9 Å². The first kappa shape index (κ1) is 14.5. The third kappa shape index (κ3) is 3.59. The summed E-state index contributed by atoms with van der Waals surface area (Å²) in [6, 6.07) is 3.39. The molecule has 1 unspecified atom stereocenters. The number of rotatable bonds is 3. The molecule has 2 aromatic rings. The third-order valence-corrected chi connectivity index (χ3v) is 4.04. The normalized spacial score (nSPS) is 17.6. The Hall–Kier alpha value is -2.48. The fourth-order valence-corrected chi connectivity index (χ4v) is 2.87. The quantitative estimate of drug-likeness (QED) is 0.801. The fourth-order valence-electron chi connectivity index (χ4n) is 2.15. The SMILES string of the molecule is O=C1CCC(NC(=O)Nc2nc(-c3cccnc3)cs2)CN1. The number of carbonyl (C=O) groups is 2. The molecule has 1 fully saturated rings. The molecule has 22 heavy (non-hydrogen) atoms. The van der Waals surface area contributed by atoms with Gasteiger partial charge in [-0.2, -0.15) is 0 Å². The highest BCUT2D eigenvalue weighted by atomic mass is 32.1. The van der Waals surface area contributed by atoms with Crippen LogP contribution < -0.4 is 16.0 Å². The summed E-state index contributed by atoms with van der Waals surface area (Å²) in [5.74, 6) is 0.0273. The van der Waals surface area contributed by atoms with Gasteiger partial charge in [0.2, 0.25) is 5.91 Å². The minimum absolute atomic E-state index is 0.0273. The van der Waals surface area contributed by atoms with E-state index in [1.807, 2.05) is 17.5 Å². The van der Waals surface area contributed by atoms with Gasteiger partial charge in [-0.1, -0.05) is 0 Å². The number of nitrogens with one attached hydrogen (secondary N) is 3. The Morgan fingerprint density at radius 1 is 1.45 bits per heavy atom. The number of hydrogen-bond acceptors (Lipinski definition) is 5. The molecule has 3 heterocycles. The van der Waals surface area contributed by atoms with E-state index in [1.165, 1.54) is 11.3 Å². The van der Waals surface area contributed by atoms with Crippen molar-refractivity contribution in [3.63, 3.8) is 0 Å². The molecule has 3 rings (SSSR count). The highest BCUT2D eigenvalue weighted by molar-refractivity contribution is 7.14. The number of aromatic nitrogens is 2. The highest BCUT2D eigenvalue weighted by Gasteiger charge is 2.19. The minimum Gasteiger partial charge on any atom is -0.354 e. The summed E-state index contributed by atoms with van der Waals surface area (Å²) in [7, 11) is 0. The molecule has 3 N–H and O–H groups in total. The lowest BCUT2D eigenvalue weighted by molar-refractivity contribution is -0.122.